The Balaban J connectivity index is 3.06. The topological polar surface area (TPSA) is 37.3 Å². The van der Waals surface area contributed by atoms with Gasteiger partial charge in [-0.05, 0) is 24.6 Å². The summed E-state index contributed by atoms with van der Waals surface area (Å²) in [5.74, 6) is -6.71. The number of hydrogen-bond donors (Lipinski definition) is 1. The predicted octanol–water partition coefficient (Wildman–Crippen LogP) is 3.04. The molecule has 0 radical (unpaired) electrons. The fourth-order valence-electron chi connectivity index (χ4n) is 1.49. The predicted molar refractivity (Wildman–Crippen MR) is 52.0 cm³/mol. The van der Waals surface area contributed by atoms with Crippen molar-refractivity contribution in [1.29, 1.82) is 0 Å². The third-order valence-corrected chi connectivity index (χ3v) is 2.24. The molecule has 1 atom stereocenters. The Kier molecular flexibility index (Phi) is 3.57. The molecule has 0 aliphatic carbocycles. The van der Waals surface area contributed by atoms with E-state index in [9.17, 15) is 18.0 Å². The van der Waals surface area contributed by atoms with Crippen molar-refractivity contribution in [3.8, 4) is 0 Å². The summed E-state index contributed by atoms with van der Waals surface area (Å²) >= 11 is 0. The van der Waals surface area contributed by atoms with Crippen LogP contribution in [0.3, 0.4) is 0 Å². The molecule has 0 aliphatic rings. The van der Waals surface area contributed by atoms with Crippen molar-refractivity contribution >= 4 is 5.97 Å². The van der Waals surface area contributed by atoms with Crippen LogP contribution < -0.4 is 0 Å². The van der Waals surface area contributed by atoms with Gasteiger partial charge in [0.2, 0.25) is 0 Å². The summed E-state index contributed by atoms with van der Waals surface area (Å²) in [6.07, 6.45) is -0.729. The second-order valence-electron chi connectivity index (χ2n) is 3.66. The molecule has 88 valence electrons. The van der Waals surface area contributed by atoms with Gasteiger partial charge in [0.1, 0.15) is 5.82 Å². The molecule has 2 nitrogen and oxygen atoms in total. The van der Waals surface area contributed by atoms with Crippen LogP contribution in [0.5, 0.6) is 0 Å². The molecular weight excluding hydrogens is 221 g/mol. The Morgan fingerprint density at radius 1 is 1.50 bits per heavy atom. The van der Waals surface area contributed by atoms with Gasteiger partial charge in [0.05, 0.1) is 12.3 Å². The van der Waals surface area contributed by atoms with E-state index >= 15 is 0 Å². The Bertz CT molecular complexity index is 385. The first kappa shape index (κ1) is 12.5. The largest absolute Gasteiger partial charge is 0.481 e. The van der Waals surface area contributed by atoms with Crippen LogP contribution in [0, 0.1) is 5.82 Å². The normalized spacial score (nSPS) is 13.5. The number of carbonyl (C=O) groups is 1. The molecule has 1 rings (SSSR count). The average Bonchev–Trinajstić information content (AvgIpc) is 2.12. The summed E-state index contributed by atoms with van der Waals surface area (Å²) in [6.45, 7) is 0.630. The maximum absolute atomic E-state index is 13.2. The van der Waals surface area contributed by atoms with Crippen LogP contribution in [0.4, 0.5) is 13.2 Å². The summed E-state index contributed by atoms with van der Waals surface area (Å²) < 4.78 is 39.2. The highest BCUT2D eigenvalue weighted by molar-refractivity contribution is 5.68. The Hall–Kier alpha value is -1.52. The molecule has 16 heavy (non-hydrogen) atoms. The van der Waals surface area contributed by atoms with E-state index in [-0.39, 0.29) is 5.56 Å². The maximum atomic E-state index is 13.2. The van der Waals surface area contributed by atoms with E-state index in [0.29, 0.717) is 6.92 Å². The Labute approximate surface area is 90.7 Å². The van der Waals surface area contributed by atoms with E-state index in [4.69, 9.17) is 5.11 Å². The molecule has 1 unspecified atom stereocenters. The highest BCUT2D eigenvalue weighted by atomic mass is 19.3. The van der Waals surface area contributed by atoms with E-state index in [1.807, 2.05) is 0 Å². The summed E-state index contributed by atoms with van der Waals surface area (Å²) in [7, 11) is 0. The molecule has 0 aliphatic heterocycles. The summed E-state index contributed by atoms with van der Waals surface area (Å²) in [4.78, 5) is 10.5. The molecule has 0 fully saturated rings. The van der Waals surface area contributed by atoms with Crippen LogP contribution >= 0.6 is 0 Å². The molecule has 1 N–H and O–H groups in total. The average molecular weight is 232 g/mol. The lowest BCUT2D eigenvalue weighted by Crippen LogP contribution is -2.25. The zero-order valence-electron chi connectivity index (χ0n) is 8.58. The van der Waals surface area contributed by atoms with Crippen LogP contribution in [0.25, 0.3) is 0 Å². The van der Waals surface area contributed by atoms with Crippen molar-refractivity contribution in [2.75, 3.05) is 0 Å². The highest BCUT2D eigenvalue weighted by Crippen LogP contribution is 2.35. The minimum atomic E-state index is -3.20. The van der Waals surface area contributed by atoms with Gasteiger partial charge in [-0.25, -0.2) is 13.2 Å². The van der Waals surface area contributed by atoms with E-state index in [1.165, 1.54) is 12.1 Å². The number of alkyl halides is 2. The number of carboxylic acids is 1. The van der Waals surface area contributed by atoms with Gasteiger partial charge in [-0.2, -0.15) is 0 Å². The third-order valence-electron chi connectivity index (χ3n) is 2.24. The highest BCUT2D eigenvalue weighted by Gasteiger charge is 2.37. The first-order valence-electron chi connectivity index (χ1n) is 4.66. The molecule has 0 bridgehead atoms. The smallest absolute Gasteiger partial charge is 0.304 e. The van der Waals surface area contributed by atoms with Crippen molar-refractivity contribution < 1.29 is 23.1 Å². The number of rotatable bonds is 4. The van der Waals surface area contributed by atoms with Crippen molar-refractivity contribution in [1.82, 2.24) is 0 Å². The number of hydrogen-bond acceptors (Lipinski definition) is 1. The molecule has 1 aromatic rings. The lowest BCUT2D eigenvalue weighted by Gasteiger charge is -2.22. The van der Waals surface area contributed by atoms with Crippen LogP contribution in [0.1, 0.15) is 24.8 Å². The third kappa shape index (κ3) is 3.25. The molecule has 0 amide bonds. The molecule has 0 spiro atoms. The second-order valence-corrected chi connectivity index (χ2v) is 3.66. The molecule has 5 heteroatoms. The standard InChI is InChI=1S/C11H11F3O2/c1-11(13,14)9(6-10(15)16)7-3-2-4-8(12)5-7/h2-5,9H,6H2,1H3,(H,15,16). The Morgan fingerprint density at radius 3 is 2.56 bits per heavy atom. The van der Waals surface area contributed by atoms with Crippen molar-refractivity contribution in [3.05, 3.63) is 35.6 Å². The van der Waals surface area contributed by atoms with Gasteiger partial charge >= 0.3 is 5.97 Å². The fourth-order valence-corrected chi connectivity index (χ4v) is 1.49. The lowest BCUT2D eigenvalue weighted by atomic mass is 9.90. The van der Waals surface area contributed by atoms with Gasteiger partial charge in [0.15, 0.2) is 0 Å². The number of carboxylic acid groups (broad SMARTS) is 1. The van der Waals surface area contributed by atoms with Crippen molar-refractivity contribution in [2.24, 2.45) is 0 Å². The fraction of sp³-hybridized carbons (Fsp3) is 0.364. The monoisotopic (exact) mass is 232 g/mol. The molecule has 0 heterocycles. The van der Waals surface area contributed by atoms with Gasteiger partial charge in [0.25, 0.3) is 5.92 Å². The second kappa shape index (κ2) is 4.55. The zero-order valence-corrected chi connectivity index (χ0v) is 8.58. The lowest BCUT2D eigenvalue weighted by molar-refractivity contribution is -0.140. The molecular formula is C11H11F3O2. The minimum Gasteiger partial charge on any atom is -0.481 e. The SMILES string of the molecule is CC(F)(F)C(CC(=O)O)c1cccc(F)c1. The molecule has 0 saturated carbocycles. The van der Waals surface area contributed by atoms with Gasteiger partial charge in [0, 0.05) is 0 Å². The van der Waals surface area contributed by atoms with Crippen molar-refractivity contribution in [3.63, 3.8) is 0 Å². The van der Waals surface area contributed by atoms with Gasteiger partial charge < -0.3 is 5.11 Å². The van der Waals surface area contributed by atoms with Gasteiger partial charge in [-0.1, -0.05) is 12.1 Å². The van der Waals surface area contributed by atoms with Gasteiger partial charge in [-0.3, -0.25) is 4.79 Å². The van der Waals surface area contributed by atoms with Crippen LogP contribution in [0.15, 0.2) is 24.3 Å². The van der Waals surface area contributed by atoms with Crippen molar-refractivity contribution in [2.45, 2.75) is 25.2 Å². The molecule has 0 saturated heterocycles. The number of halogens is 3. The first-order valence-corrected chi connectivity index (χ1v) is 4.66. The van der Waals surface area contributed by atoms with Crippen LogP contribution in [-0.2, 0) is 4.79 Å². The molecule has 0 aromatic heterocycles. The number of aliphatic carboxylic acids is 1. The summed E-state index contributed by atoms with van der Waals surface area (Å²) in [5.41, 5.74) is -0.00472. The van der Waals surface area contributed by atoms with Gasteiger partial charge in [-0.15, -0.1) is 0 Å². The van der Waals surface area contributed by atoms with E-state index in [2.05, 4.69) is 0 Å². The van der Waals surface area contributed by atoms with E-state index < -0.39 is 30.0 Å². The minimum absolute atomic E-state index is 0.00472. The van der Waals surface area contributed by atoms with Crippen LogP contribution in [0.2, 0.25) is 0 Å². The maximum Gasteiger partial charge on any atom is 0.304 e. The quantitative estimate of drug-likeness (QED) is 0.866. The number of benzene rings is 1. The summed E-state index contributed by atoms with van der Waals surface area (Å²) in [5, 5.41) is 8.55. The molecule has 1 aromatic carbocycles. The zero-order chi connectivity index (χ0) is 12.3. The first-order chi connectivity index (χ1) is 7.30. The van der Waals surface area contributed by atoms with E-state index in [1.54, 1.807) is 0 Å². The van der Waals surface area contributed by atoms with Crippen LogP contribution in [-0.4, -0.2) is 17.0 Å². The Morgan fingerprint density at radius 2 is 2.12 bits per heavy atom. The van der Waals surface area contributed by atoms with E-state index in [0.717, 1.165) is 12.1 Å². The summed E-state index contributed by atoms with van der Waals surface area (Å²) in [6, 6.07) is 4.64.